The summed E-state index contributed by atoms with van der Waals surface area (Å²) >= 11 is 0. The average molecular weight is 150 g/mol. The quantitative estimate of drug-likeness (QED) is 0.517. The second kappa shape index (κ2) is 1.70. The van der Waals surface area contributed by atoms with Crippen LogP contribution in [0.1, 0.15) is 38.5 Å². The summed E-state index contributed by atoms with van der Waals surface area (Å²) in [5.41, 5.74) is 0.556. The number of fused-ring (bicyclic) bond motifs is 1. The largest absolute Gasteiger partial charge is 0.299 e. The van der Waals surface area contributed by atoms with Gasteiger partial charge in [-0.05, 0) is 43.4 Å². The van der Waals surface area contributed by atoms with Crippen molar-refractivity contribution >= 4 is 5.78 Å². The lowest BCUT2D eigenvalue weighted by molar-refractivity contribution is -0.140. The molecule has 2 bridgehead atoms. The summed E-state index contributed by atoms with van der Waals surface area (Å²) in [4.78, 5) is 11.5. The lowest BCUT2D eigenvalue weighted by Gasteiger charge is -2.49. The Hall–Kier alpha value is -0.330. The van der Waals surface area contributed by atoms with E-state index in [0.717, 1.165) is 12.3 Å². The van der Waals surface area contributed by atoms with Crippen molar-refractivity contribution in [2.45, 2.75) is 38.5 Å². The van der Waals surface area contributed by atoms with Gasteiger partial charge in [-0.1, -0.05) is 0 Å². The van der Waals surface area contributed by atoms with Crippen molar-refractivity contribution in [3.05, 3.63) is 0 Å². The highest BCUT2D eigenvalue weighted by molar-refractivity contribution is 5.84. The molecule has 1 nitrogen and oxygen atoms in total. The summed E-state index contributed by atoms with van der Waals surface area (Å²) in [6, 6.07) is 0. The third-order valence-corrected chi connectivity index (χ3v) is 4.26. The molecule has 4 saturated carbocycles. The van der Waals surface area contributed by atoms with Gasteiger partial charge in [0, 0.05) is 12.3 Å². The summed E-state index contributed by atoms with van der Waals surface area (Å²) in [5.74, 6) is 1.96. The molecule has 1 spiro atoms. The molecule has 4 fully saturated rings. The highest BCUT2D eigenvalue weighted by atomic mass is 16.1. The highest BCUT2D eigenvalue weighted by Gasteiger charge is 2.62. The third-order valence-electron chi connectivity index (χ3n) is 4.26. The standard InChI is InChI=1S/C10H14O/c11-8-2-1-4-10-5-3-7(6-10)9(8)10/h7,9H,1-6H2/t7-,9-,10+/m0/s1. The zero-order valence-corrected chi connectivity index (χ0v) is 6.81. The molecule has 11 heavy (non-hydrogen) atoms. The van der Waals surface area contributed by atoms with E-state index in [2.05, 4.69) is 0 Å². The third kappa shape index (κ3) is 0.567. The van der Waals surface area contributed by atoms with Gasteiger partial charge in [0.25, 0.3) is 0 Å². The first-order chi connectivity index (χ1) is 5.32. The van der Waals surface area contributed by atoms with Crippen LogP contribution >= 0.6 is 0 Å². The van der Waals surface area contributed by atoms with E-state index in [1.165, 1.54) is 32.1 Å². The van der Waals surface area contributed by atoms with Crippen LogP contribution in [-0.4, -0.2) is 5.78 Å². The fourth-order valence-electron chi connectivity index (χ4n) is 3.86. The van der Waals surface area contributed by atoms with Crippen LogP contribution in [0.5, 0.6) is 0 Å². The summed E-state index contributed by atoms with van der Waals surface area (Å²) in [7, 11) is 0. The molecule has 4 aliphatic rings. The summed E-state index contributed by atoms with van der Waals surface area (Å²) in [6.07, 6.45) is 7.55. The fourth-order valence-corrected chi connectivity index (χ4v) is 3.86. The van der Waals surface area contributed by atoms with E-state index in [4.69, 9.17) is 0 Å². The second-order valence-corrected chi connectivity index (χ2v) is 4.66. The first kappa shape index (κ1) is 6.22. The van der Waals surface area contributed by atoms with E-state index < -0.39 is 0 Å². The molecule has 3 atom stereocenters. The SMILES string of the molecule is O=C1CCC[C@@]23CC[C@@H](C2)[C@@H]13. The molecule has 1 heteroatoms. The maximum atomic E-state index is 11.5. The Bertz CT molecular complexity index is 217. The van der Waals surface area contributed by atoms with Gasteiger partial charge in [0.2, 0.25) is 0 Å². The Labute approximate surface area is 67.2 Å². The van der Waals surface area contributed by atoms with Crippen molar-refractivity contribution in [3.63, 3.8) is 0 Å². The molecule has 0 heterocycles. The summed E-state index contributed by atoms with van der Waals surface area (Å²) < 4.78 is 0. The van der Waals surface area contributed by atoms with E-state index in [9.17, 15) is 4.79 Å². The summed E-state index contributed by atoms with van der Waals surface area (Å²) in [5, 5.41) is 0. The van der Waals surface area contributed by atoms with Gasteiger partial charge in [0.1, 0.15) is 5.78 Å². The number of Topliss-reactive ketones (excluding diaryl/α,β-unsaturated/α-hetero) is 1. The Morgan fingerprint density at radius 1 is 1.36 bits per heavy atom. The van der Waals surface area contributed by atoms with Gasteiger partial charge in [0.05, 0.1) is 0 Å². The van der Waals surface area contributed by atoms with Gasteiger partial charge in [-0.25, -0.2) is 0 Å². The number of ketones is 1. The molecule has 0 aromatic carbocycles. The number of hydrogen-bond donors (Lipinski definition) is 0. The first-order valence-corrected chi connectivity index (χ1v) is 4.85. The Morgan fingerprint density at radius 3 is 3.00 bits per heavy atom. The van der Waals surface area contributed by atoms with Crippen LogP contribution in [0, 0.1) is 17.3 Å². The predicted molar refractivity (Wildman–Crippen MR) is 42.1 cm³/mol. The molecule has 0 aromatic rings. The maximum Gasteiger partial charge on any atom is 0.136 e. The van der Waals surface area contributed by atoms with Gasteiger partial charge < -0.3 is 0 Å². The lowest BCUT2D eigenvalue weighted by atomic mass is 9.54. The van der Waals surface area contributed by atoms with Crippen molar-refractivity contribution in [2.75, 3.05) is 0 Å². The molecule has 0 amide bonds. The van der Waals surface area contributed by atoms with E-state index in [1.54, 1.807) is 0 Å². The van der Waals surface area contributed by atoms with Crippen LogP contribution in [0.15, 0.2) is 0 Å². The molecule has 60 valence electrons. The van der Waals surface area contributed by atoms with Crippen molar-refractivity contribution in [3.8, 4) is 0 Å². The molecule has 0 unspecified atom stereocenters. The molecule has 0 aliphatic heterocycles. The molecule has 0 aromatic heterocycles. The summed E-state index contributed by atoms with van der Waals surface area (Å²) in [6.45, 7) is 0. The minimum Gasteiger partial charge on any atom is -0.299 e. The second-order valence-electron chi connectivity index (χ2n) is 4.66. The van der Waals surface area contributed by atoms with Crippen molar-refractivity contribution in [1.82, 2.24) is 0 Å². The van der Waals surface area contributed by atoms with Crippen LogP contribution in [0.4, 0.5) is 0 Å². The highest BCUT2D eigenvalue weighted by Crippen LogP contribution is 2.67. The number of carbonyl (C=O) groups excluding carboxylic acids is 1. The molecule has 0 saturated heterocycles. The van der Waals surface area contributed by atoms with E-state index in [1.807, 2.05) is 0 Å². The zero-order chi connectivity index (χ0) is 7.47. The van der Waals surface area contributed by atoms with Crippen LogP contribution in [0.25, 0.3) is 0 Å². The number of hydrogen-bond acceptors (Lipinski definition) is 1. The molecular formula is C10H14O. The monoisotopic (exact) mass is 150 g/mol. The molecule has 0 radical (unpaired) electrons. The first-order valence-electron chi connectivity index (χ1n) is 4.85. The predicted octanol–water partition coefficient (Wildman–Crippen LogP) is 2.16. The van der Waals surface area contributed by atoms with Gasteiger partial charge in [0.15, 0.2) is 0 Å². The van der Waals surface area contributed by atoms with Gasteiger partial charge in [-0.15, -0.1) is 0 Å². The molecule has 4 aliphatic carbocycles. The zero-order valence-electron chi connectivity index (χ0n) is 6.81. The van der Waals surface area contributed by atoms with Crippen LogP contribution in [-0.2, 0) is 4.79 Å². The van der Waals surface area contributed by atoms with Gasteiger partial charge in [-0.2, -0.15) is 0 Å². The minimum atomic E-state index is 0.538. The normalized spacial score (nSPS) is 53.6. The molecular weight excluding hydrogens is 136 g/mol. The van der Waals surface area contributed by atoms with E-state index >= 15 is 0 Å². The molecule has 4 rings (SSSR count). The Morgan fingerprint density at radius 2 is 2.27 bits per heavy atom. The Balaban J connectivity index is 1.97. The van der Waals surface area contributed by atoms with Crippen molar-refractivity contribution in [2.24, 2.45) is 17.3 Å². The van der Waals surface area contributed by atoms with Gasteiger partial charge in [-0.3, -0.25) is 4.79 Å². The number of rotatable bonds is 0. The van der Waals surface area contributed by atoms with Crippen molar-refractivity contribution < 1.29 is 4.79 Å². The average Bonchev–Trinajstić information content (AvgIpc) is 2.43. The van der Waals surface area contributed by atoms with Crippen LogP contribution < -0.4 is 0 Å². The minimum absolute atomic E-state index is 0.538. The van der Waals surface area contributed by atoms with Crippen molar-refractivity contribution in [1.29, 1.82) is 0 Å². The molecule has 0 N–H and O–H groups in total. The smallest absolute Gasteiger partial charge is 0.136 e. The topological polar surface area (TPSA) is 17.1 Å². The van der Waals surface area contributed by atoms with E-state index in [-0.39, 0.29) is 0 Å². The Kier molecular flexibility index (Phi) is 0.961. The fraction of sp³-hybridized carbons (Fsp3) is 0.900. The van der Waals surface area contributed by atoms with Crippen LogP contribution in [0.2, 0.25) is 0 Å². The maximum absolute atomic E-state index is 11.5. The van der Waals surface area contributed by atoms with Gasteiger partial charge >= 0.3 is 0 Å². The van der Waals surface area contributed by atoms with Crippen LogP contribution in [0.3, 0.4) is 0 Å². The van der Waals surface area contributed by atoms with E-state index in [0.29, 0.717) is 17.1 Å². The number of carbonyl (C=O) groups is 1. The lowest BCUT2D eigenvalue weighted by Crippen LogP contribution is -2.47.